The van der Waals surface area contributed by atoms with Gasteiger partial charge in [-0.05, 0) is 30.7 Å². The number of alkyl halides is 1. The Morgan fingerprint density at radius 1 is 1.35 bits per heavy atom. The van der Waals surface area contributed by atoms with Crippen LogP contribution in [-0.2, 0) is 6.42 Å². The molecule has 3 rings (SSSR count). The van der Waals surface area contributed by atoms with Crippen LogP contribution < -0.4 is 4.90 Å². The van der Waals surface area contributed by atoms with Gasteiger partial charge in [0.15, 0.2) is 0 Å². The van der Waals surface area contributed by atoms with Crippen molar-refractivity contribution in [1.82, 2.24) is 4.98 Å². The van der Waals surface area contributed by atoms with Crippen molar-refractivity contribution in [3.63, 3.8) is 0 Å². The highest BCUT2D eigenvalue weighted by molar-refractivity contribution is 9.10. The molecule has 102 valence electrons. The predicted molar refractivity (Wildman–Crippen MR) is 78.5 cm³/mol. The zero-order valence-corrected chi connectivity index (χ0v) is 12.4. The van der Waals surface area contributed by atoms with Gasteiger partial charge in [-0.25, -0.2) is 4.39 Å². The molecule has 0 spiro atoms. The molecular weight excluding hydrogens is 323 g/mol. The van der Waals surface area contributed by atoms with Gasteiger partial charge in [-0.15, -0.1) is 0 Å². The smallest absolute Gasteiger partial charge is 0.262 e. The number of hydrogen-bond acceptors (Lipinski definition) is 2. The van der Waals surface area contributed by atoms with Gasteiger partial charge in [0, 0.05) is 12.6 Å². The number of halogens is 2. The molecule has 1 amide bonds. The third-order valence-corrected chi connectivity index (χ3v) is 4.04. The Morgan fingerprint density at radius 2 is 2.15 bits per heavy atom. The summed E-state index contributed by atoms with van der Waals surface area (Å²) < 4.78 is 13.4. The van der Waals surface area contributed by atoms with E-state index in [0.717, 1.165) is 5.56 Å². The highest BCUT2D eigenvalue weighted by Crippen LogP contribution is 2.39. The van der Waals surface area contributed by atoms with Gasteiger partial charge in [-0.1, -0.05) is 28.1 Å². The lowest BCUT2D eigenvalue weighted by Crippen LogP contribution is -2.51. The Bertz CT molecular complexity index is 673. The molecule has 0 aliphatic carbocycles. The number of carbonyl (C=O) groups excluding carboxylic acids is 1. The molecule has 1 aromatic heterocycles. The number of anilines is 1. The molecule has 0 fully saturated rings. The molecule has 1 aliphatic heterocycles. The fourth-order valence-electron chi connectivity index (χ4n) is 2.58. The van der Waals surface area contributed by atoms with Crippen LogP contribution in [0.1, 0.15) is 22.8 Å². The largest absolute Gasteiger partial charge is 0.291 e. The highest BCUT2D eigenvalue weighted by atomic mass is 79.9. The molecule has 1 atom stereocenters. The number of aromatic nitrogens is 1. The van der Waals surface area contributed by atoms with E-state index < -0.39 is 10.3 Å². The van der Waals surface area contributed by atoms with E-state index in [9.17, 15) is 9.18 Å². The Morgan fingerprint density at radius 3 is 2.85 bits per heavy atom. The van der Waals surface area contributed by atoms with E-state index in [0.29, 0.717) is 12.1 Å². The normalized spacial score (nSPS) is 21.8. The third kappa shape index (κ3) is 2.02. The van der Waals surface area contributed by atoms with E-state index in [4.69, 9.17) is 0 Å². The number of carbonyl (C=O) groups is 1. The number of rotatable bonds is 1. The molecule has 3 nitrogen and oxygen atoms in total. The van der Waals surface area contributed by atoms with E-state index in [-0.39, 0.29) is 11.5 Å². The van der Waals surface area contributed by atoms with E-state index in [1.54, 1.807) is 41.6 Å². The summed E-state index contributed by atoms with van der Waals surface area (Å²) in [6.07, 6.45) is 3.77. The molecular formula is C15H12BrFN2O. The summed E-state index contributed by atoms with van der Waals surface area (Å²) in [7, 11) is 0. The van der Waals surface area contributed by atoms with Gasteiger partial charge in [0.2, 0.25) is 0 Å². The number of fused-ring (bicyclic) bond motifs is 1. The molecule has 5 heteroatoms. The standard InChI is InChI=1S/C15H12BrFN2O/c1-15(16)8-10-4-2-6-12(17)13(10)14(20)19(15)11-5-3-7-18-9-11/h2-7,9H,8H2,1H3. The van der Waals surface area contributed by atoms with Gasteiger partial charge in [0.25, 0.3) is 5.91 Å². The second-order valence-electron chi connectivity index (χ2n) is 4.94. The van der Waals surface area contributed by atoms with Crippen molar-refractivity contribution >= 4 is 27.5 Å². The van der Waals surface area contributed by atoms with Crippen LogP contribution in [0.4, 0.5) is 10.1 Å². The molecule has 1 aromatic carbocycles. The van der Waals surface area contributed by atoms with E-state index in [1.807, 2.05) is 6.92 Å². The van der Waals surface area contributed by atoms with E-state index in [2.05, 4.69) is 20.9 Å². The number of benzene rings is 1. The lowest BCUT2D eigenvalue weighted by molar-refractivity contribution is 0.0961. The lowest BCUT2D eigenvalue weighted by Gasteiger charge is -2.41. The number of pyridine rings is 1. The van der Waals surface area contributed by atoms with Crippen molar-refractivity contribution in [1.29, 1.82) is 0 Å². The van der Waals surface area contributed by atoms with Crippen LogP contribution in [0.25, 0.3) is 0 Å². The van der Waals surface area contributed by atoms with E-state index in [1.165, 1.54) is 6.07 Å². The third-order valence-electron chi connectivity index (χ3n) is 3.40. The maximum Gasteiger partial charge on any atom is 0.262 e. The van der Waals surface area contributed by atoms with Crippen LogP contribution in [0.5, 0.6) is 0 Å². The fraction of sp³-hybridized carbons (Fsp3) is 0.200. The quantitative estimate of drug-likeness (QED) is 0.590. The summed E-state index contributed by atoms with van der Waals surface area (Å²) in [6, 6.07) is 8.27. The average Bonchev–Trinajstić information content (AvgIpc) is 2.38. The Hall–Kier alpha value is -1.75. The number of hydrogen-bond donors (Lipinski definition) is 0. The molecule has 0 saturated carbocycles. The maximum absolute atomic E-state index is 14.0. The summed E-state index contributed by atoms with van der Waals surface area (Å²) in [5.74, 6) is -0.832. The van der Waals surface area contributed by atoms with Crippen molar-refractivity contribution in [2.24, 2.45) is 0 Å². The summed E-state index contributed by atoms with van der Waals surface area (Å²) in [5, 5.41) is 0. The van der Waals surface area contributed by atoms with Gasteiger partial charge in [-0.2, -0.15) is 0 Å². The van der Waals surface area contributed by atoms with Crippen molar-refractivity contribution in [3.05, 3.63) is 59.7 Å². The van der Waals surface area contributed by atoms with Crippen molar-refractivity contribution in [3.8, 4) is 0 Å². The Labute approximate surface area is 124 Å². The van der Waals surface area contributed by atoms with Crippen LogP contribution in [0.15, 0.2) is 42.7 Å². The molecule has 2 heterocycles. The van der Waals surface area contributed by atoms with Crippen LogP contribution in [0.2, 0.25) is 0 Å². The molecule has 0 bridgehead atoms. The molecule has 0 radical (unpaired) electrons. The first-order valence-electron chi connectivity index (χ1n) is 6.21. The number of amides is 1. The molecule has 20 heavy (non-hydrogen) atoms. The van der Waals surface area contributed by atoms with Crippen LogP contribution >= 0.6 is 15.9 Å². The second kappa shape index (κ2) is 4.66. The monoisotopic (exact) mass is 334 g/mol. The van der Waals surface area contributed by atoms with Gasteiger partial charge in [-0.3, -0.25) is 14.7 Å². The topological polar surface area (TPSA) is 33.2 Å². The summed E-state index contributed by atoms with van der Waals surface area (Å²) in [6.45, 7) is 1.89. The zero-order chi connectivity index (χ0) is 14.3. The minimum absolute atomic E-state index is 0.147. The zero-order valence-electron chi connectivity index (χ0n) is 10.8. The SMILES string of the molecule is CC1(Br)Cc2cccc(F)c2C(=O)N1c1cccnc1. The molecule has 1 unspecified atom stereocenters. The summed E-state index contributed by atoms with van der Waals surface area (Å²) >= 11 is 3.59. The number of nitrogens with zero attached hydrogens (tertiary/aromatic N) is 2. The Kier molecular flexibility index (Phi) is 3.09. The minimum atomic E-state index is -0.603. The highest BCUT2D eigenvalue weighted by Gasteiger charge is 2.41. The fourth-order valence-corrected chi connectivity index (χ4v) is 3.25. The first-order valence-corrected chi connectivity index (χ1v) is 7.01. The predicted octanol–water partition coefficient (Wildman–Crippen LogP) is 3.53. The van der Waals surface area contributed by atoms with Gasteiger partial charge in [0.05, 0.1) is 17.4 Å². The average molecular weight is 335 g/mol. The van der Waals surface area contributed by atoms with Crippen molar-refractivity contribution < 1.29 is 9.18 Å². The minimum Gasteiger partial charge on any atom is -0.291 e. The second-order valence-corrected chi connectivity index (χ2v) is 6.65. The van der Waals surface area contributed by atoms with Gasteiger partial charge >= 0.3 is 0 Å². The summed E-state index contributed by atoms with van der Waals surface area (Å²) in [5.41, 5.74) is 1.51. The van der Waals surface area contributed by atoms with E-state index >= 15 is 0 Å². The van der Waals surface area contributed by atoms with Gasteiger partial charge in [0.1, 0.15) is 10.3 Å². The Balaban J connectivity index is 2.17. The molecule has 0 N–H and O–H groups in total. The summed E-state index contributed by atoms with van der Waals surface area (Å²) in [4.78, 5) is 18.3. The van der Waals surface area contributed by atoms with Crippen LogP contribution in [-0.4, -0.2) is 15.3 Å². The van der Waals surface area contributed by atoms with Crippen LogP contribution in [0.3, 0.4) is 0 Å². The lowest BCUT2D eigenvalue weighted by atomic mass is 9.93. The van der Waals surface area contributed by atoms with Crippen LogP contribution in [0, 0.1) is 5.82 Å². The van der Waals surface area contributed by atoms with Crippen molar-refractivity contribution in [2.75, 3.05) is 4.90 Å². The molecule has 1 aliphatic rings. The maximum atomic E-state index is 14.0. The molecule has 2 aromatic rings. The first kappa shape index (κ1) is 13.2. The first-order chi connectivity index (χ1) is 9.50. The van der Waals surface area contributed by atoms with Crippen molar-refractivity contribution in [2.45, 2.75) is 17.8 Å². The van der Waals surface area contributed by atoms with Gasteiger partial charge < -0.3 is 0 Å². The molecule has 0 saturated heterocycles.